The van der Waals surface area contributed by atoms with Crippen molar-refractivity contribution in [2.45, 2.75) is 32.4 Å². The van der Waals surface area contributed by atoms with Crippen molar-refractivity contribution in [3.8, 4) is 0 Å². The SMILES string of the molecule is CC(NC(=O)C1CCN(C(=O)NCc2ccco2)CC1)c1ccc(Cl)cc1. The number of nitrogens with one attached hydrogen (secondary N) is 2. The topological polar surface area (TPSA) is 74.6 Å². The van der Waals surface area contributed by atoms with Gasteiger partial charge < -0.3 is 20.0 Å². The molecule has 1 atom stereocenters. The normalized spacial score (nSPS) is 16.0. The molecule has 7 heteroatoms. The Morgan fingerprint density at radius 1 is 1.22 bits per heavy atom. The molecular weight excluding hydrogens is 366 g/mol. The first-order valence-corrected chi connectivity index (χ1v) is 9.51. The third-order valence-corrected chi connectivity index (χ3v) is 5.13. The second-order valence-corrected chi connectivity index (χ2v) is 7.22. The third kappa shape index (κ3) is 5.26. The molecule has 1 unspecified atom stereocenters. The Labute approximate surface area is 163 Å². The van der Waals surface area contributed by atoms with E-state index < -0.39 is 0 Å². The summed E-state index contributed by atoms with van der Waals surface area (Å²) in [6.07, 6.45) is 2.90. The summed E-state index contributed by atoms with van der Waals surface area (Å²) in [7, 11) is 0. The van der Waals surface area contributed by atoms with Crippen molar-refractivity contribution < 1.29 is 14.0 Å². The van der Waals surface area contributed by atoms with Gasteiger partial charge in [-0.2, -0.15) is 0 Å². The van der Waals surface area contributed by atoms with Crippen LogP contribution in [0.4, 0.5) is 4.79 Å². The predicted molar refractivity (Wildman–Crippen MR) is 103 cm³/mol. The third-order valence-electron chi connectivity index (χ3n) is 4.88. The number of furan rings is 1. The van der Waals surface area contributed by atoms with Crippen LogP contribution in [0.1, 0.15) is 37.1 Å². The van der Waals surface area contributed by atoms with Crippen LogP contribution in [0.5, 0.6) is 0 Å². The molecule has 3 amide bonds. The summed E-state index contributed by atoms with van der Waals surface area (Å²) in [6, 6.07) is 10.9. The van der Waals surface area contributed by atoms with Crippen LogP contribution < -0.4 is 10.6 Å². The molecule has 2 aromatic rings. The van der Waals surface area contributed by atoms with Crippen LogP contribution in [-0.4, -0.2) is 29.9 Å². The van der Waals surface area contributed by atoms with E-state index in [0.717, 1.165) is 5.56 Å². The summed E-state index contributed by atoms with van der Waals surface area (Å²) in [5, 5.41) is 6.57. The first-order chi connectivity index (χ1) is 13.0. The summed E-state index contributed by atoms with van der Waals surface area (Å²) in [5.74, 6) is 0.677. The molecule has 1 fully saturated rings. The number of nitrogens with zero attached hydrogens (tertiary/aromatic N) is 1. The van der Waals surface area contributed by atoms with Gasteiger partial charge in [0.15, 0.2) is 0 Å². The first-order valence-electron chi connectivity index (χ1n) is 9.14. The number of benzene rings is 1. The zero-order valence-electron chi connectivity index (χ0n) is 15.3. The molecule has 3 rings (SSSR count). The fourth-order valence-electron chi connectivity index (χ4n) is 3.20. The lowest BCUT2D eigenvalue weighted by molar-refractivity contribution is -0.126. The second kappa shape index (κ2) is 8.95. The van der Waals surface area contributed by atoms with E-state index in [1.807, 2.05) is 37.3 Å². The quantitative estimate of drug-likeness (QED) is 0.818. The van der Waals surface area contributed by atoms with E-state index in [1.165, 1.54) is 0 Å². The molecule has 144 valence electrons. The average Bonchev–Trinajstić information content (AvgIpc) is 3.20. The molecule has 1 aromatic heterocycles. The highest BCUT2D eigenvalue weighted by Gasteiger charge is 2.28. The van der Waals surface area contributed by atoms with Crippen molar-refractivity contribution in [3.63, 3.8) is 0 Å². The van der Waals surface area contributed by atoms with Gasteiger partial charge in [-0.15, -0.1) is 0 Å². The number of amides is 3. The van der Waals surface area contributed by atoms with E-state index in [4.69, 9.17) is 16.0 Å². The van der Waals surface area contributed by atoms with E-state index in [-0.39, 0.29) is 23.9 Å². The molecule has 0 spiro atoms. The van der Waals surface area contributed by atoms with E-state index >= 15 is 0 Å². The molecule has 0 radical (unpaired) electrons. The van der Waals surface area contributed by atoms with Crippen LogP contribution in [0.2, 0.25) is 5.02 Å². The van der Waals surface area contributed by atoms with E-state index in [1.54, 1.807) is 17.2 Å². The Bertz CT molecular complexity index is 753. The number of carbonyl (C=O) groups excluding carboxylic acids is 2. The van der Waals surface area contributed by atoms with Crippen molar-refractivity contribution >= 4 is 23.5 Å². The highest BCUT2D eigenvalue weighted by Crippen LogP contribution is 2.21. The summed E-state index contributed by atoms with van der Waals surface area (Å²) >= 11 is 5.90. The van der Waals surface area contributed by atoms with Gasteiger partial charge in [0.2, 0.25) is 5.91 Å². The standard InChI is InChI=1S/C20H24ClN3O3/c1-14(15-4-6-17(21)7-5-15)23-19(25)16-8-10-24(11-9-16)20(26)22-13-18-3-2-12-27-18/h2-7,12,14,16H,8-11,13H2,1H3,(H,22,26)(H,23,25). The van der Waals surface area contributed by atoms with Crippen LogP contribution in [0.25, 0.3) is 0 Å². The Morgan fingerprint density at radius 3 is 2.56 bits per heavy atom. The largest absolute Gasteiger partial charge is 0.467 e. The fraction of sp³-hybridized carbons (Fsp3) is 0.400. The molecule has 1 aliphatic rings. The van der Waals surface area contributed by atoms with Crippen LogP contribution in [0, 0.1) is 5.92 Å². The van der Waals surface area contributed by atoms with Crippen molar-refractivity contribution in [2.24, 2.45) is 5.92 Å². The Morgan fingerprint density at radius 2 is 1.93 bits per heavy atom. The number of carbonyl (C=O) groups is 2. The smallest absolute Gasteiger partial charge is 0.317 e. The van der Waals surface area contributed by atoms with Crippen molar-refractivity contribution in [1.82, 2.24) is 15.5 Å². The summed E-state index contributed by atoms with van der Waals surface area (Å²) in [5.41, 5.74) is 1.02. The molecule has 2 heterocycles. The fourth-order valence-corrected chi connectivity index (χ4v) is 3.32. The highest BCUT2D eigenvalue weighted by molar-refractivity contribution is 6.30. The van der Waals surface area contributed by atoms with E-state index in [9.17, 15) is 9.59 Å². The van der Waals surface area contributed by atoms with Crippen molar-refractivity contribution in [1.29, 1.82) is 0 Å². The van der Waals surface area contributed by atoms with Gasteiger partial charge in [0.25, 0.3) is 0 Å². The number of likely N-dealkylation sites (tertiary alicyclic amines) is 1. The molecule has 1 aromatic carbocycles. The molecule has 27 heavy (non-hydrogen) atoms. The van der Waals surface area contributed by atoms with Crippen LogP contribution in [-0.2, 0) is 11.3 Å². The monoisotopic (exact) mass is 389 g/mol. The van der Waals surface area contributed by atoms with Gasteiger partial charge in [0, 0.05) is 24.0 Å². The Kier molecular flexibility index (Phi) is 6.40. The predicted octanol–water partition coefficient (Wildman–Crippen LogP) is 3.73. The maximum absolute atomic E-state index is 12.5. The molecule has 2 N–H and O–H groups in total. The lowest BCUT2D eigenvalue weighted by Crippen LogP contribution is -2.46. The lowest BCUT2D eigenvalue weighted by atomic mass is 9.95. The van der Waals surface area contributed by atoms with Gasteiger partial charge in [0.05, 0.1) is 18.8 Å². The molecule has 0 bridgehead atoms. The van der Waals surface area contributed by atoms with Crippen molar-refractivity contribution in [2.75, 3.05) is 13.1 Å². The zero-order valence-corrected chi connectivity index (χ0v) is 16.0. The minimum Gasteiger partial charge on any atom is -0.467 e. The van der Waals surface area contributed by atoms with Gasteiger partial charge in [-0.05, 0) is 49.6 Å². The number of piperidine rings is 1. The van der Waals surface area contributed by atoms with E-state index in [2.05, 4.69) is 10.6 Å². The number of rotatable bonds is 5. The Hall–Kier alpha value is -2.47. The van der Waals surface area contributed by atoms with Gasteiger partial charge in [-0.25, -0.2) is 4.79 Å². The van der Waals surface area contributed by atoms with Gasteiger partial charge >= 0.3 is 6.03 Å². The maximum Gasteiger partial charge on any atom is 0.317 e. The number of halogens is 1. The molecule has 6 nitrogen and oxygen atoms in total. The molecule has 0 saturated carbocycles. The lowest BCUT2D eigenvalue weighted by Gasteiger charge is -2.32. The van der Waals surface area contributed by atoms with E-state index in [0.29, 0.717) is 43.3 Å². The molecular formula is C20H24ClN3O3. The van der Waals surface area contributed by atoms with Crippen molar-refractivity contribution in [3.05, 3.63) is 59.0 Å². The number of hydrogen-bond acceptors (Lipinski definition) is 3. The van der Waals surface area contributed by atoms with Gasteiger partial charge in [0.1, 0.15) is 5.76 Å². The second-order valence-electron chi connectivity index (χ2n) is 6.78. The summed E-state index contributed by atoms with van der Waals surface area (Å²) in [4.78, 5) is 26.5. The molecule has 1 aliphatic heterocycles. The number of urea groups is 1. The van der Waals surface area contributed by atoms with Gasteiger partial charge in [-0.3, -0.25) is 4.79 Å². The highest BCUT2D eigenvalue weighted by atomic mass is 35.5. The van der Waals surface area contributed by atoms with Crippen LogP contribution in [0.15, 0.2) is 47.1 Å². The molecule has 1 saturated heterocycles. The maximum atomic E-state index is 12.5. The summed E-state index contributed by atoms with van der Waals surface area (Å²) < 4.78 is 5.21. The van der Waals surface area contributed by atoms with Crippen LogP contribution >= 0.6 is 11.6 Å². The Balaban J connectivity index is 1.43. The summed E-state index contributed by atoms with van der Waals surface area (Å²) in [6.45, 7) is 3.46. The minimum atomic E-state index is -0.125. The van der Waals surface area contributed by atoms with Crippen LogP contribution in [0.3, 0.4) is 0 Å². The number of hydrogen-bond donors (Lipinski definition) is 2. The molecule has 0 aliphatic carbocycles. The van der Waals surface area contributed by atoms with Gasteiger partial charge in [-0.1, -0.05) is 23.7 Å². The zero-order chi connectivity index (χ0) is 19.2. The first kappa shape index (κ1) is 19.3. The average molecular weight is 390 g/mol. The minimum absolute atomic E-state index is 0.0353.